The summed E-state index contributed by atoms with van der Waals surface area (Å²) in [5.74, 6) is 0.884. The Balaban J connectivity index is 1.63. The number of aromatic nitrogens is 1. The zero-order chi connectivity index (χ0) is 22.5. The maximum atomic E-state index is 12.8. The molecule has 1 aromatic heterocycles. The van der Waals surface area contributed by atoms with Gasteiger partial charge in [-0.2, -0.15) is 4.99 Å². The van der Waals surface area contributed by atoms with E-state index in [9.17, 15) is 9.59 Å². The molecular formula is C25H21N3O3S. The maximum Gasteiger partial charge on any atom is 0.279 e. The van der Waals surface area contributed by atoms with Crippen LogP contribution in [0.15, 0.2) is 90.4 Å². The lowest BCUT2D eigenvalue weighted by molar-refractivity contribution is -0.114. The summed E-state index contributed by atoms with van der Waals surface area (Å²) in [4.78, 5) is 29.1. The van der Waals surface area contributed by atoms with E-state index in [1.807, 2.05) is 53.1 Å². The van der Waals surface area contributed by atoms with Crippen molar-refractivity contribution < 1.29 is 14.3 Å². The van der Waals surface area contributed by atoms with E-state index in [-0.39, 0.29) is 11.8 Å². The van der Waals surface area contributed by atoms with Gasteiger partial charge in [-0.25, -0.2) is 0 Å². The van der Waals surface area contributed by atoms with Gasteiger partial charge in [0.05, 0.1) is 10.2 Å². The average molecular weight is 444 g/mol. The highest BCUT2D eigenvalue weighted by Crippen LogP contribution is 2.23. The van der Waals surface area contributed by atoms with Gasteiger partial charge < -0.3 is 14.6 Å². The largest absolute Gasteiger partial charge is 0.457 e. The van der Waals surface area contributed by atoms with E-state index in [1.54, 1.807) is 30.3 Å². The Morgan fingerprint density at radius 3 is 2.47 bits per heavy atom. The second kappa shape index (κ2) is 9.45. The number of nitrogens with one attached hydrogen (secondary N) is 1. The van der Waals surface area contributed by atoms with Crippen LogP contribution in [0, 0.1) is 0 Å². The van der Waals surface area contributed by atoms with Crippen LogP contribution in [0.5, 0.6) is 11.5 Å². The first-order valence-corrected chi connectivity index (χ1v) is 10.8. The van der Waals surface area contributed by atoms with Crippen LogP contribution in [0.25, 0.3) is 10.2 Å². The number of carbonyl (C=O) groups excluding carboxylic acids is 2. The number of hydrogen-bond donors (Lipinski definition) is 1. The highest BCUT2D eigenvalue weighted by molar-refractivity contribution is 7.16. The predicted molar refractivity (Wildman–Crippen MR) is 127 cm³/mol. The number of anilines is 1. The maximum absolute atomic E-state index is 12.8. The number of benzene rings is 3. The second-order valence-electron chi connectivity index (χ2n) is 7.00. The normalized spacial score (nSPS) is 11.3. The first kappa shape index (κ1) is 21.3. The molecule has 160 valence electrons. The van der Waals surface area contributed by atoms with Crippen LogP contribution < -0.4 is 14.9 Å². The quantitative estimate of drug-likeness (QED) is 0.407. The Morgan fingerprint density at radius 2 is 1.78 bits per heavy atom. The van der Waals surface area contributed by atoms with Crippen molar-refractivity contribution in [2.45, 2.75) is 13.5 Å². The van der Waals surface area contributed by atoms with Crippen LogP contribution in [0.2, 0.25) is 0 Å². The van der Waals surface area contributed by atoms with Gasteiger partial charge in [0.25, 0.3) is 5.91 Å². The fourth-order valence-electron chi connectivity index (χ4n) is 3.19. The summed E-state index contributed by atoms with van der Waals surface area (Å²) < 4.78 is 8.62. The zero-order valence-corrected chi connectivity index (χ0v) is 18.3. The topological polar surface area (TPSA) is 72.7 Å². The molecule has 0 aliphatic heterocycles. The molecule has 4 aromatic rings. The molecule has 1 heterocycles. The third kappa shape index (κ3) is 4.84. The van der Waals surface area contributed by atoms with Crippen LogP contribution in [-0.2, 0) is 11.3 Å². The lowest BCUT2D eigenvalue weighted by Crippen LogP contribution is -2.16. The summed E-state index contributed by atoms with van der Waals surface area (Å²) in [7, 11) is 0. The molecule has 1 N–H and O–H groups in total. The number of nitrogens with zero attached hydrogens (tertiary/aromatic N) is 2. The van der Waals surface area contributed by atoms with Crippen molar-refractivity contribution in [3.8, 4) is 11.5 Å². The Morgan fingerprint density at radius 1 is 1.06 bits per heavy atom. The van der Waals surface area contributed by atoms with Crippen molar-refractivity contribution >= 4 is 39.1 Å². The molecule has 0 atom stereocenters. The van der Waals surface area contributed by atoms with Gasteiger partial charge in [-0.05, 0) is 54.6 Å². The van der Waals surface area contributed by atoms with Gasteiger partial charge in [0, 0.05) is 24.7 Å². The standard InChI is InChI=1S/C25H21N3O3S/c1-3-15-28-22-14-11-19(26-17(2)29)16-23(22)32-25(28)27-24(30)18-9-12-21(13-10-18)31-20-7-5-4-6-8-20/h3-14,16H,1,15H2,2H3,(H,26,29). The van der Waals surface area contributed by atoms with Crippen molar-refractivity contribution in [2.75, 3.05) is 5.32 Å². The minimum Gasteiger partial charge on any atom is -0.457 e. The minimum absolute atomic E-state index is 0.139. The van der Waals surface area contributed by atoms with Crippen LogP contribution in [0.4, 0.5) is 5.69 Å². The molecule has 0 spiro atoms. The van der Waals surface area contributed by atoms with Crippen molar-refractivity contribution in [1.82, 2.24) is 4.57 Å². The fraction of sp³-hybridized carbons (Fsp3) is 0.0800. The monoisotopic (exact) mass is 443 g/mol. The van der Waals surface area contributed by atoms with E-state index < -0.39 is 0 Å². The highest BCUT2D eigenvalue weighted by Gasteiger charge is 2.10. The van der Waals surface area contributed by atoms with Crippen molar-refractivity contribution in [2.24, 2.45) is 4.99 Å². The van der Waals surface area contributed by atoms with E-state index >= 15 is 0 Å². The molecule has 32 heavy (non-hydrogen) atoms. The summed E-state index contributed by atoms with van der Waals surface area (Å²) in [6.45, 7) is 5.78. The van der Waals surface area contributed by atoms with Gasteiger partial charge in [-0.1, -0.05) is 35.6 Å². The second-order valence-corrected chi connectivity index (χ2v) is 8.01. The smallest absolute Gasteiger partial charge is 0.279 e. The van der Waals surface area contributed by atoms with Gasteiger partial charge in [0.1, 0.15) is 11.5 Å². The van der Waals surface area contributed by atoms with Crippen molar-refractivity contribution in [3.63, 3.8) is 0 Å². The minimum atomic E-state index is -0.345. The molecule has 0 aliphatic rings. The van der Waals surface area contributed by atoms with Gasteiger partial charge >= 0.3 is 0 Å². The van der Waals surface area contributed by atoms with Crippen LogP contribution in [-0.4, -0.2) is 16.4 Å². The van der Waals surface area contributed by atoms with Gasteiger partial charge in [-0.3, -0.25) is 9.59 Å². The van der Waals surface area contributed by atoms with Crippen LogP contribution >= 0.6 is 11.3 Å². The number of fused-ring (bicyclic) bond motifs is 1. The predicted octanol–water partition coefficient (Wildman–Crippen LogP) is 5.38. The molecule has 6 nitrogen and oxygen atoms in total. The number of para-hydroxylation sites is 1. The average Bonchev–Trinajstić information content (AvgIpc) is 3.11. The van der Waals surface area contributed by atoms with Gasteiger partial charge in [-0.15, -0.1) is 6.58 Å². The number of rotatable bonds is 6. The lowest BCUT2D eigenvalue weighted by Gasteiger charge is -2.05. The molecule has 3 aromatic carbocycles. The molecule has 7 heteroatoms. The summed E-state index contributed by atoms with van der Waals surface area (Å²) in [5.41, 5.74) is 2.08. The van der Waals surface area contributed by atoms with E-state index in [4.69, 9.17) is 4.74 Å². The number of hydrogen-bond acceptors (Lipinski definition) is 4. The number of thiazole rings is 1. The summed E-state index contributed by atoms with van der Waals surface area (Å²) in [6, 6.07) is 21.9. The fourth-order valence-corrected chi connectivity index (χ4v) is 4.26. The molecule has 0 unspecified atom stereocenters. The third-order valence-corrected chi connectivity index (χ3v) is 5.63. The van der Waals surface area contributed by atoms with Crippen LogP contribution in [0.1, 0.15) is 17.3 Å². The molecule has 0 saturated carbocycles. The first-order chi connectivity index (χ1) is 15.5. The number of ether oxygens (including phenoxy) is 1. The molecule has 0 aliphatic carbocycles. The molecular weight excluding hydrogens is 422 g/mol. The molecule has 0 fully saturated rings. The van der Waals surface area contributed by atoms with Crippen LogP contribution in [0.3, 0.4) is 0 Å². The van der Waals surface area contributed by atoms with Gasteiger partial charge in [0.15, 0.2) is 4.80 Å². The highest BCUT2D eigenvalue weighted by atomic mass is 32.1. The van der Waals surface area contributed by atoms with Crippen molar-refractivity contribution in [1.29, 1.82) is 0 Å². The molecule has 2 amide bonds. The van der Waals surface area contributed by atoms with E-state index in [0.717, 1.165) is 16.0 Å². The Hall–Kier alpha value is -3.97. The molecule has 0 radical (unpaired) electrons. The number of amides is 2. The third-order valence-electron chi connectivity index (χ3n) is 4.59. The first-order valence-electron chi connectivity index (χ1n) is 9.97. The Labute approximate surface area is 189 Å². The van der Waals surface area contributed by atoms with E-state index in [2.05, 4.69) is 16.9 Å². The van der Waals surface area contributed by atoms with E-state index in [0.29, 0.717) is 28.3 Å². The number of carbonyl (C=O) groups is 2. The van der Waals surface area contributed by atoms with Gasteiger partial charge in [0.2, 0.25) is 5.91 Å². The SMILES string of the molecule is C=CCn1c(=NC(=O)c2ccc(Oc3ccccc3)cc2)sc2cc(NC(C)=O)ccc21. The van der Waals surface area contributed by atoms with Crippen molar-refractivity contribution in [3.05, 3.63) is 95.8 Å². The molecule has 4 rings (SSSR count). The Bertz CT molecular complexity index is 1350. The number of allylic oxidation sites excluding steroid dienone is 1. The summed E-state index contributed by atoms with van der Waals surface area (Å²) in [6.07, 6.45) is 1.76. The van der Waals surface area contributed by atoms with E-state index in [1.165, 1.54) is 18.3 Å². The lowest BCUT2D eigenvalue weighted by atomic mass is 10.2. The molecule has 0 saturated heterocycles. The zero-order valence-electron chi connectivity index (χ0n) is 17.4. The summed E-state index contributed by atoms with van der Waals surface area (Å²) in [5, 5.41) is 2.78. The summed E-state index contributed by atoms with van der Waals surface area (Å²) >= 11 is 1.38. The molecule has 0 bridgehead atoms. The Kier molecular flexibility index (Phi) is 6.28.